The van der Waals surface area contributed by atoms with Gasteiger partial charge in [-0.2, -0.15) is 0 Å². The van der Waals surface area contributed by atoms with Crippen LogP contribution in [0.25, 0.3) is 0 Å². The summed E-state index contributed by atoms with van der Waals surface area (Å²) in [6, 6.07) is 0.343. The number of aromatic nitrogens is 4. The van der Waals surface area contributed by atoms with E-state index in [4.69, 9.17) is 4.74 Å². The number of piperazine rings is 1. The van der Waals surface area contributed by atoms with E-state index in [9.17, 15) is 9.59 Å². The van der Waals surface area contributed by atoms with Crippen molar-refractivity contribution in [1.82, 2.24) is 34.9 Å². The number of likely N-dealkylation sites (tertiary alicyclic amines) is 1. The summed E-state index contributed by atoms with van der Waals surface area (Å²) in [5.74, 6) is 0.0437. The first kappa shape index (κ1) is 17.6. The van der Waals surface area contributed by atoms with Crippen LogP contribution in [0.1, 0.15) is 19.8 Å². The highest BCUT2D eigenvalue weighted by molar-refractivity contribution is 5.76. The van der Waals surface area contributed by atoms with Gasteiger partial charge in [-0.15, -0.1) is 5.10 Å². The average molecular weight is 351 g/mol. The van der Waals surface area contributed by atoms with E-state index in [-0.39, 0.29) is 18.5 Å². The van der Waals surface area contributed by atoms with Crippen LogP contribution in [0.15, 0.2) is 6.33 Å². The number of piperidine rings is 1. The van der Waals surface area contributed by atoms with Crippen LogP contribution in [0.3, 0.4) is 0 Å². The van der Waals surface area contributed by atoms with Gasteiger partial charge in [0.25, 0.3) is 0 Å². The van der Waals surface area contributed by atoms with E-state index in [1.807, 2.05) is 11.8 Å². The summed E-state index contributed by atoms with van der Waals surface area (Å²) in [5.41, 5.74) is 0. The lowest BCUT2D eigenvalue weighted by Crippen LogP contribution is -2.56. The van der Waals surface area contributed by atoms with Crippen LogP contribution >= 0.6 is 0 Å². The Morgan fingerprint density at radius 3 is 2.64 bits per heavy atom. The molecule has 1 atom stereocenters. The maximum absolute atomic E-state index is 12.4. The second-order valence-electron chi connectivity index (χ2n) is 6.37. The van der Waals surface area contributed by atoms with E-state index >= 15 is 0 Å². The third kappa shape index (κ3) is 4.44. The van der Waals surface area contributed by atoms with Gasteiger partial charge in [0.15, 0.2) is 0 Å². The average Bonchev–Trinajstić information content (AvgIpc) is 3.15. The van der Waals surface area contributed by atoms with E-state index in [0.717, 1.165) is 39.0 Å². The monoisotopic (exact) mass is 351 g/mol. The summed E-state index contributed by atoms with van der Waals surface area (Å²) in [5, 5.41) is 10.9. The molecule has 0 saturated carbocycles. The Morgan fingerprint density at radius 1 is 1.16 bits per heavy atom. The number of ether oxygens (including phenoxy) is 1. The molecule has 2 amide bonds. The second-order valence-corrected chi connectivity index (χ2v) is 6.37. The van der Waals surface area contributed by atoms with Crippen LogP contribution in [0.2, 0.25) is 0 Å². The zero-order chi connectivity index (χ0) is 17.6. The summed E-state index contributed by atoms with van der Waals surface area (Å²) < 4.78 is 6.51. The molecule has 0 unspecified atom stereocenters. The summed E-state index contributed by atoms with van der Waals surface area (Å²) in [6.07, 6.45) is 3.29. The fourth-order valence-corrected chi connectivity index (χ4v) is 3.46. The first-order chi connectivity index (χ1) is 12.2. The topological polar surface area (TPSA) is 96.7 Å². The van der Waals surface area contributed by atoms with Crippen molar-refractivity contribution in [2.75, 3.05) is 45.9 Å². The molecule has 2 aliphatic rings. The molecule has 138 valence electrons. The molecule has 3 heterocycles. The number of carbonyl (C=O) groups excluding carboxylic acids is 2. The van der Waals surface area contributed by atoms with Crippen molar-refractivity contribution in [2.45, 2.75) is 32.4 Å². The quantitative estimate of drug-likeness (QED) is 0.717. The number of rotatable bonds is 4. The lowest BCUT2D eigenvalue weighted by molar-refractivity contribution is -0.134. The van der Waals surface area contributed by atoms with Crippen LogP contribution in [0.4, 0.5) is 4.79 Å². The molecule has 1 aromatic rings. The van der Waals surface area contributed by atoms with Crippen molar-refractivity contribution in [3.8, 4) is 0 Å². The third-order valence-electron chi connectivity index (χ3n) is 4.79. The first-order valence-electron chi connectivity index (χ1n) is 8.81. The SMILES string of the molecule is CCOC(=O)N1CCN([C@H]2CCCN(C(=O)Cn3cnnn3)C2)CC1. The number of nitrogens with zero attached hydrogens (tertiary/aromatic N) is 7. The minimum atomic E-state index is -0.232. The number of carbonyl (C=O) groups is 2. The van der Waals surface area contributed by atoms with Crippen molar-refractivity contribution >= 4 is 12.0 Å². The molecule has 2 saturated heterocycles. The van der Waals surface area contributed by atoms with Gasteiger partial charge in [-0.1, -0.05) is 0 Å². The molecule has 0 aliphatic carbocycles. The molecule has 3 rings (SSSR count). The molecule has 2 fully saturated rings. The summed E-state index contributed by atoms with van der Waals surface area (Å²) >= 11 is 0. The highest BCUT2D eigenvalue weighted by Gasteiger charge is 2.31. The lowest BCUT2D eigenvalue weighted by Gasteiger charge is -2.43. The van der Waals surface area contributed by atoms with Crippen LogP contribution in [-0.2, 0) is 16.1 Å². The Morgan fingerprint density at radius 2 is 1.96 bits per heavy atom. The Balaban J connectivity index is 1.48. The predicted octanol–water partition coefficient (Wildman–Crippen LogP) is -0.562. The highest BCUT2D eigenvalue weighted by Crippen LogP contribution is 2.18. The molecular formula is C15H25N7O3. The van der Waals surface area contributed by atoms with Gasteiger partial charge in [0, 0.05) is 45.3 Å². The maximum atomic E-state index is 12.4. The fourth-order valence-electron chi connectivity index (χ4n) is 3.46. The molecule has 1 aromatic heterocycles. The number of hydrogen-bond acceptors (Lipinski definition) is 7. The van der Waals surface area contributed by atoms with Gasteiger partial charge < -0.3 is 14.5 Å². The molecule has 0 spiro atoms. The predicted molar refractivity (Wildman–Crippen MR) is 87.6 cm³/mol. The molecule has 0 radical (unpaired) electrons. The second kappa shape index (κ2) is 8.24. The number of hydrogen-bond donors (Lipinski definition) is 0. The molecule has 25 heavy (non-hydrogen) atoms. The third-order valence-corrected chi connectivity index (χ3v) is 4.79. The highest BCUT2D eigenvalue weighted by atomic mass is 16.6. The van der Waals surface area contributed by atoms with Gasteiger partial charge in [0.05, 0.1) is 6.61 Å². The Bertz CT molecular complexity index is 572. The van der Waals surface area contributed by atoms with E-state index in [0.29, 0.717) is 25.7 Å². The van der Waals surface area contributed by atoms with Crippen LogP contribution in [-0.4, -0.2) is 98.8 Å². The van der Waals surface area contributed by atoms with Gasteiger partial charge in [0.1, 0.15) is 12.9 Å². The minimum Gasteiger partial charge on any atom is -0.450 e. The number of amides is 2. The number of tetrazole rings is 1. The summed E-state index contributed by atoms with van der Waals surface area (Å²) in [4.78, 5) is 30.2. The molecule has 0 bridgehead atoms. The van der Waals surface area contributed by atoms with Gasteiger partial charge in [0.2, 0.25) is 5.91 Å². The van der Waals surface area contributed by atoms with E-state index in [1.54, 1.807) is 4.90 Å². The van der Waals surface area contributed by atoms with E-state index in [1.165, 1.54) is 11.0 Å². The van der Waals surface area contributed by atoms with Crippen molar-refractivity contribution in [3.63, 3.8) is 0 Å². The largest absolute Gasteiger partial charge is 0.450 e. The van der Waals surface area contributed by atoms with Crippen LogP contribution < -0.4 is 0 Å². The maximum Gasteiger partial charge on any atom is 0.409 e. The Kier molecular flexibility index (Phi) is 5.79. The molecular weight excluding hydrogens is 326 g/mol. The van der Waals surface area contributed by atoms with Gasteiger partial charge in [-0.3, -0.25) is 9.69 Å². The molecule has 2 aliphatic heterocycles. The standard InChI is InChI=1S/C15H25N7O3/c1-2-25-15(24)20-8-6-19(7-9-20)13-4-3-5-21(10-13)14(23)11-22-12-16-17-18-22/h12-13H,2-11H2,1H3/t13-/m0/s1. The Labute approximate surface area is 146 Å². The lowest BCUT2D eigenvalue weighted by atomic mass is 10.0. The van der Waals surface area contributed by atoms with Crippen LogP contribution in [0.5, 0.6) is 0 Å². The van der Waals surface area contributed by atoms with E-state index < -0.39 is 0 Å². The van der Waals surface area contributed by atoms with Gasteiger partial charge >= 0.3 is 6.09 Å². The zero-order valence-corrected chi connectivity index (χ0v) is 14.6. The summed E-state index contributed by atoms with van der Waals surface area (Å²) in [6.45, 7) is 6.88. The molecule has 0 N–H and O–H groups in total. The van der Waals surface area contributed by atoms with Crippen molar-refractivity contribution in [1.29, 1.82) is 0 Å². The van der Waals surface area contributed by atoms with Crippen molar-refractivity contribution < 1.29 is 14.3 Å². The minimum absolute atomic E-state index is 0.0437. The fraction of sp³-hybridized carbons (Fsp3) is 0.800. The van der Waals surface area contributed by atoms with Gasteiger partial charge in [-0.05, 0) is 30.2 Å². The van der Waals surface area contributed by atoms with Crippen LogP contribution in [0, 0.1) is 0 Å². The first-order valence-corrected chi connectivity index (χ1v) is 8.81. The molecule has 0 aromatic carbocycles. The smallest absolute Gasteiger partial charge is 0.409 e. The normalized spacial score (nSPS) is 22.0. The van der Waals surface area contributed by atoms with E-state index in [2.05, 4.69) is 20.4 Å². The zero-order valence-electron chi connectivity index (χ0n) is 14.6. The van der Waals surface area contributed by atoms with Gasteiger partial charge in [-0.25, -0.2) is 9.48 Å². The molecule has 10 heteroatoms. The van der Waals surface area contributed by atoms with Crippen molar-refractivity contribution in [2.24, 2.45) is 0 Å². The summed E-state index contributed by atoms with van der Waals surface area (Å²) in [7, 11) is 0. The molecule has 10 nitrogen and oxygen atoms in total. The van der Waals surface area contributed by atoms with Crippen molar-refractivity contribution in [3.05, 3.63) is 6.33 Å². The Hall–Kier alpha value is -2.23.